The minimum atomic E-state index is -0.126. The van der Waals surface area contributed by atoms with E-state index in [1.807, 2.05) is 71.4 Å². The van der Waals surface area contributed by atoms with E-state index in [0.717, 1.165) is 45.8 Å². The fourth-order valence-corrected chi connectivity index (χ4v) is 4.86. The second kappa shape index (κ2) is 11.9. The van der Waals surface area contributed by atoms with E-state index in [4.69, 9.17) is 9.47 Å². The summed E-state index contributed by atoms with van der Waals surface area (Å²) >= 11 is 0. The summed E-state index contributed by atoms with van der Waals surface area (Å²) in [7, 11) is 3.29. The van der Waals surface area contributed by atoms with Crippen LogP contribution in [0.4, 0.5) is 0 Å². The van der Waals surface area contributed by atoms with Crippen molar-refractivity contribution in [1.82, 2.24) is 30.1 Å². The molecule has 0 fully saturated rings. The van der Waals surface area contributed by atoms with Crippen LogP contribution in [0.1, 0.15) is 41.9 Å². The van der Waals surface area contributed by atoms with Gasteiger partial charge in [0.2, 0.25) is 0 Å². The maximum Gasteiger partial charge on any atom is 0.252 e. The lowest BCUT2D eigenvalue weighted by Gasteiger charge is -2.30. The van der Waals surface area contributed by atoms with Gasteiger partial charge in [-0.1, -0.05) is 49.4 Å². The number of nitrogens with one attached hydrogen (secondary N) is 1. The second-order valence-electron chi connectivity index (χ2n) is 9.43. The highest BCUT2D eigenvalue weighted by atomic mass is 16.5. The molecular weight excluding hydrogens is 492 g/mol. The molecule has 0 amide bonds. The SMILES string of the molecule is CCC(c1nnnn1Cc1ccc(OC)cc1)N(Cc1ccccc1)Cc1cc2cc(OC)ccc2[nH]c1=O. The van der Waals surface area contributed by atoms with Gasteiger partial charge in [0.15, 0.2) is 5.82 Å². The van der Waals surface area contributed by atoms with Gasteiger partial charge >= 0.3 is 0 Å². The van der Waals surface area contributed by atoms with Crippen LogP contribution >= 0.6 is 0 Å². The van der Waals surface area contributed by atoms with Crippen molar-refractivity contribution in [3.8, 4) is 11.5 Å². The van der Waals surface area contributed by atoms with Crippen molar-refractivity contribution in [2.45, 2.75) is 39.0 Å². The van der Waals surface area contributed by atoms with E-state index in [1.165, 1.54) is 0 Å². The summed E-state index contributed by atoms with van der Waals surface area (Å²) < 4.78 is 12.5. The number of benzene rings is 3. The summed E-state index contributed by atoms with van der Waals surface area (Å²) in [6.07, 6.45) is 0.759. The molecule has 9 heteroatoms. The van der Waals surface area contributed by atoms with Gasteiger partial charge in [0.05, 0.1) is 26.8 Å². The standard InChI is InChI=1S/C30H32N6O3/c1-4-28(29-32-33-34-36(29)19-22-10-12-25(38-2)13-11-22)35(18-21-8-6-5-7-9-21)20-24-16-23-17-26(39-3)14-15-27(23)31-30(24)37/h5-17,28H,4,18-20H2,1-3H3,(H,31,37). The molecule has 0 aliphatic rings. The molecule has 0 spiro atoms. The van der Waals surface area contributed by atoms with Crippen LogP contribution in [0.25, 0.3) is 10.9 Å². The monoisotopic (exact) mass is 524 g/mol. The van der Waals surface area contributed by atoms with Gasteiger partial charge in [-0.05, 0) is 64.4 Å². The van der Waals surface area contributed by atoms with E-state index in [0.29, 0.717) is 25.2 Å². The average molecular weight is 525 g/mol. The van der Waals surface area contributed by atoms with Crippen molar-refractivity contribution in [3.63, 3.8) is 0 Å². The second-order valence-corrected chi connectivity index (χ2v) is 9.43. The molecular formula is C30H32N6O3. The largest absolute Gasteiger partial charge is 0.497 e. The first-order valence-corrected chi connectivity index (χ1v) is 12.9. The van der Waals surface area contributed by atoms with Gasteiger partial charge in [-0.15, -0.1) is 5.10 Å². The van der Waals surface area contributed by atoms with E-state index >= 15 is 0 Å². The van der Waals surface area contributed by atoms with E-state index in [1.54, 1.807) is 14.2 Å². The van der Waals surface area contributed by atoms with Crippen molar-refractivity contribution in [3.05, 3.63) is 112 Å². The summed E-state index contributed by atoms with van der Waals surface area (Å²) in [5.74, 6) is 2.29. The minimum absolute atomic E-state index is 0.113. The summed E-state index contributed by atoms with van der Waals surface area (Å²) in [5, 5.41) is 13.7. The Kier molecular flexibility index (Phi) is 7.98. The third-order valence-corrected chi connectivity index (χ3v) is 6.91. The fraction of sp³-hybridized carbons (Fsp3) is 0.267. The number of aromatic amines is 1. The zero-order valence-corrected chi connectivity index (χ0v) is 22.4. The molecule has 0 saturated heterocycles. The van der Waals surface area contributed by atoms with Gasteiger partial charge in [-0.3, -0.25) is 9.69 Å². The Morgan fingerprint density at radius 1 is 0.897 bits per heavy atom. The molecule has 3 aromatic carbocycles. The number of tetrazole rings is 1. The molecule has 2 aromatic heterocycles. The van der Waals surface area contributed by atoms with Gasteiger partial charge in [-0.2, -0.15) is 0 Å². The van der Waals surface area contributed by atoms with Crippen molar-refractivity contribution in [2.75, 3.05) is 14.2 Å². The Morgan fingerprint density at radius 2 is 1.64 bits per heavy atom. The van der Waals surface area contributed by atoms with Crippen LogP contribution in [-0.4, -0.2) is 44.3 Å². The highest BCUT2D eigenvalue weighted by molar-refractivity contribution is 5.80. The molecule has 5 rings (SSSR count). The number of ether oxygens (including phenoxy) is 2. The average Bonchev–Trinajstić information content (AvgIpc) is 3.42. The first-order chi connectivity index (χ1) is 19.1. The number of pyridine rings is 1. The van der Waals surface area contributed by atoms with Crippen LogP contribution in [0, 0.1) is 0 Å². The highest BCUT2D eigenvalue weighted by Gasteiger charge is 2.26. The predicted octanol–water partition coefficient (Wildman–Crippen LogP) is 4.73. The Balaban J connectivity index is 1.50. The number of hydrogen-bond acceptors (Lipinski definition) is 7. The van der Waals surface area contributed by atoms with Crippen LogP contribution in [0.15, 0.2) is 83.7 Å². The Bertz CT molecular complexity index is 1580. The van der Waals surface area contributed by atoms with Crippen molar-refractivity contribution in [2.24, 2.45) is 0 Å². The van der Waals surface area contributed by atoms with Crippen LogP contribution in [0.3, 0.4) is 0 Å². The molecule has 1 unspecified atom stereocenters. The number of H-pyrrole nitrogens is 1. The smallest absolute Gasteiger partial charge is 0.252 e. The minimum Gasteiger partial charge on any atom is -0.497 e. The van der Waals surface area contributed by atoms with Gasteiger partial charge in [0.1, 0.15) is 11.5 Å². The third-order valence-electron chi connectivity index (χ3n) is 6.91. The van der Waals surface area contributed by atoms with Crippen LogP contribution < -0.4 is 15.0 Å². The first kappa shape index (κ1) is 26.1. The molecule has 39 heavy (non-hydrogen) atoms. The lowest BCUT2D eigenvalue weighted by atomic mass is 10.1. The quantitative estimate of drug-likeness (QED) is 0.267. The van der Waals surface area contributed by atoms with Crippen LogP contribution in [0.5, 0.6) is 11.5 Å². The Labute approximate surface area is 227 Å². The Morgan fingerprint density at radius 3 is 2.36 bits per heavy atom. The van der Waals surface area contributed by atoms with E-state index in [9.17, 15) is 4.79 Å². The molecule has 0 saturated carbocycles. The van der Waals surface area contributed by atoms with Gasteiger partial charge in [0, 0.05) is 29.6 Å². The maximum atomic E-state index is 13.2. The zero-order valence-electron chi connectivity index (χ0n) is 22.4. The maximum absolute atomic E-state index is 13.2. The van der Waals surface area contributed by atoms with Gasteiger partial charge in [-0.25, -0.2) is 4.68 Å². The number of aromatic nitrogens is 5. The number of fused-ring (bicyclic) bond motifs is 1. The van der Waals surface area contributed by atoms with Gasteiger partial charge < -0.3 is 14.5 Å². The third kappa shape index (κ3) is 5.99. The van der Waals surface area contributed by atoms with E-state index < -0.39 is 0 Å². The lowest BCUT2D eigenvalue weighted by Crippen LogP contribution is -2.32. The number of methoxy groups -OCH3 is 2. The molecule has 200 valence electrons. The number of nitrogens with zero attached hydrogens (tertiary/aromatic N) is 5. The summed E-state index contributed by atoms with van der Waals surface area (Å²) in [4.78, 5) is 18.5. The number of rotatable bonds is 11. The molecule has 2 heterocycles. The van der Waals surface area contributed by atoms with Crippen molar-refractivity contribution < 1.29 is 9.47 Å². The molecule has 0 aliphatic carbocycles. The predicted molar refractivity (Wildman–Crippen MR) is 150 cm³/mol. The van der Waals surface area contributed by atoms with Gasteiger partial charge in [0.25, 0.3) is 5.56 Å². The normalized spacial score (nSPS) is 12.1. The summed E-state index contributed by atoms with van der Waals surface area (Å²) in [5.41, 5.74) is 3.53. The molecule has 0 radical (unpaired) electrons. The molecule has 1 atom stereocenters. The molecule has 1 N–H and O–H groups in total. The molecule has 0 bridgehead atoms. The van der Waals surface area contributed by atoms with Crippen LogP contribution in [0.2, 0.25) is 0 Å². The van der Waals surface area contributed by atoms with E-state index in [2.05, 4.69) is 44.5 Å². The summed E-state index contributed by atoms with van der Waals surface area (Å²) in [6, 6.07) is 25.6. The van der Waals surface area contributed by atoms with Crippen molar-refractivity contribution >= 4 is 10.9 Å². The highest BCUT2D eigenvalue weighted by Crippen LogP contribution is 2.27. The Hall–Kier alpha value is -4.50. The molecule has 9 nitrogen and oxygen atoms in total. The van der Waals surface area contributed by atoms with Crippen LogP contribution in [-0.2, 0) is 19.6 Å². The van der Waals surface area contributed by atoms with Crippen molar-refractivity contribution in [1.29, 1.82) is 0 Å². The summed E-state index contributed by atoms with van der Waals surface area (Å²) in [6.45, 7) is 3.69. The first-order valence-electron chi connectivity index (χ1n) is 12.9. The lowest BCUT2D eigenvalue weighted by molar-refractivity contribution is 0.161. The topological polar surface area (TPSA) is 98.2 Å². The zero-order chi connectivity index (χ0) is 27.2. The molecule has 0 aliphatic heterocycles. The number of hydrogen-bond donors (Lipinski definition) is 1. The fourth-order valence-electron chi connectivity index (χ4n) is 4.86. The molecule has 5 aromatic rings. The van der Waals surface area contributed by atoms with E-state index in [-0.39, 0.29) is 11.6 Å².